The SMILES string of the molecule is CC(C)(C)N(C(=O)O)S(=O)(=O)NCc1cccc(Oc2cc(F)c(F)c(Nc3ccc(I)cc3F)c2C(N)=O)c1. The Hall–Kier alpha value is -3.57. The molecular formula is C25H24F3IN4O6S. The zero-order valence-electron chi connectivity index (χ0n) is 21.3. The number of rotatable bonds is 9. The van der Waals surface area contributed by atoms with Crippen LogP contribution >= 0.6 is 22.6 Å². The Labute approximate surface area is 241 Å². The van der Waals surface area contributed by atoms with Crippen LogP contribution in [0.1, 0.15) is 36.7 Å². The normalized spacial score (nSPS) is 11.7. The molecule has 3 rings (SSSR count). The Balaban J connectivity index is 1.94. The van der Waals surface area contributed by atoms with Crippen molar-refractivity contribution in [2.75, 3.05) is 5.32 Å². The molecule has 3 aromatic carbocycles. The molecule has 0 unspecified atom stereocenters. The van der Waals surface area contributed by atoms with Gasteiger partial charge in [-0.3, -0.25) is 4.79 Å². The summed E-state index contributed by atoms with van der Waals surface area (Å²) in [6.45, 7) is 3.85. The minimum absolute atomic E-state index is 0.0255. The topological polar surface area (TPSA) is 151 Å². The number of carbonyl (C=O) groups excluding carboxylic acids is 1. The van der Waals surface area contributed by atoms with Gasteiger partial charge in [0.1, 0.15) is 22.9 Å². The van der Waals surface area contributed by atoms with Crippen molar-refractivity contribution in [2.45, 2.75) is 32.9 Å². The Kier molecular flexibility index (Phi) is 9.21. The highest BCUT2D eigenvalue weighted by Crippen LogP contribution is 2.37. The molecule has 3 aromatic rings. The Morgan fingerprint density at radius 2 is 1.75 bits per heavy atom. The second-order valence-corrected chi connectivity index (χ2v) is 12.2. The Bertz CT molecular complexity index is 1580. The summed E-state index contributed by atoms with van der Waals surface area (Å²) < 4.78 is 77.6. The number of nitrogens with zero attached hydrogens (tertiary/aromatic N) is 1. The zero-order valence-corrected chi connectivity index (χ0v) is 24.2. The van der Waals surface area contributed by atoms with Gasteiger partial charge in [0.25, 0.3) is 5.91 Å². The third kappa shape index (κ3) is 7.14. The lowest BCUT2D eigenvalue weighted by Crippen LogP contribution is -2.53. The maximum Gasteiger partial charge on any atom is 0.422 e. The van der Waals surface area contributed by atoms with Gasteiger partial charge in [-0.25, -0.2) is 18.0 Å². The first kappa shape index (κ1) is 31.0. The maximum absolute atomic E-state index is 14.8. The number of halogens is 4. The van der Waals surface area contributed by atoms with Crippen molar-refractivity contribution in [1.82, 2.24) is 9.03 Å². The summed E-state index contributed by atoms with van der Waals surface area (Å²) in [5, 5.41) is 11.7. The van der Waals surface area contributed by atoms with Gasteiger partial charge < -0.3 is 20.9 Å². The van der Waals surface area contributed by atoms with Gasteiger partial charge in [-0.15, -0.1) is 0 Å². The molecule has 2 amide bonds. The molecule has 0 aliphatic rings. The van der Waals surface area contributed by atoms with Crippen LogP contribution in [0.4, 0.5) is 29.3 Å². The number of hydrogen-bond acceptors (Lipinski definition) is 6. The van der Waals surface area contributed by atoms with Crippen LogP contribution in [0.5, 0.6) is 11.5 Å². The van der Waals surface area contributed by atoms with Crippen LogP contribution in [-0.2, 0) is 16.8 Å². The number of amides is 2. The number of carboxylic acid groups (broad SMARTS) is 1. The molecule has 0 saturated heterocycles. The van der Waals surface area contributed by atoms with E-state index < -0.39 is 62.2 Å². The van der Waals surface area contributed by atoms with E-state index in [1.807, 2.05) is 22.6 Å². The van der Waals surface area contributed by atoms with Gasteiger partial charge in [0.2, 0.25) is 0 Å². The molecule has 10 nitrogen and oxygen atoms in total. The molecule has 0 spiro atoms. The highest BCUT2D eigenvalue weighted by Gasteiger charge is 2.37. The predicted molar refractivity (Wildman–Crippen MR) is 149 cm³/mol. The summed E-state index contributed by atoms with van der Waals surface area (Å²) >= 11 is 1.86. The van der Waals surface area contributed by atoms with E-state index in [0.29, 0.717) is 15.2 Å². The van der Waals surface area contributed by atoms with E-state index >= 15 is 0 Å². The van der Waals surface area contributed by atoms with Crippen molar-refractivity contribution >= 4 is 56.2 Å². The minimum Gasteiger partial charge on any atom is -0.464 e. The Morgan fingerprint density at radius 1 is 1.07 bits per heavy atom. The van der Waals surface area contributed by atoms with Gasteiger partial charge in [0.05, 0.1) is 16.9 Å². The predicted octanol–water partition coefficient (Wildman–Crippen LogP) is 5.46. The fraction of sp³-hybridized carbons (Fsp3) is 0.200. The van der Waals surface area contributed by atoms with Crippen LogP contribution < -0.4 is 20.5 Å². The molecule has 40 heavy (non-hydrogen) atoms. The van der Waals surface area contributed by atoms with Crippen molar-refractivity contribution < 1.29 is 41.0 Å². The molecule has 5 N–H and O–H groups in total. The molecule has 0 heterocycles. The van der Waals surface area contributed by atoms with Crippen molar-refractivity contribution in [1.29, 1.82) is 0 Å². The van der Waals surface area contributed by atoms with Crippen LogP contribution in [-0.4, -0.2) is 35.4 Å². The van der Waals surface area contributed by atoms with E-state index in [1.165, 1.54) is 57.2 Å². The van der Waals surface area contributed by atoms with Crippen molar-refractivity contribution in [3.8, 4) is 11.5 Å². The van der Waals surface area contributed by atoms with Gasteiger partial charge in [-0.2, -0.15) is 17.4 Å². The van der Waals surface area contributed by atoms with Crippen LogP contribution in [0.2, 0.25) is 0 Å². The summed E-state index contributed by atoms with van der Waals surface area (Å²) in [5.41, 5.74) is 2.86. The van der Waals surface area contributed by atoms with E-state index in [9.17, 15) is 36.3 Å². The molecule has 0 aliphatic carbocycles. The second-order valence-electron chi connectivity index (χ2n) is 9.33. The lowest BCUT2D eigenvalue weighted by Gasteiger charge is -2.31. The third-order valence-corrected chi connectivity index (χ3v) is 7.59. The first-order chi connectivity index (χ1) is 18.5. The van der Waals surface area contributed by atoms with E-state index in [4.69, 9.17) is 10.5 Å². The van der Waals surface area contributed by atoms with Gasteiger partial charge in [-0.1, -0.05) is 12.1 Å². The van der Waals surface area contributed by atoms with E-state index in [2.05, 4.69) is 10.0 Å². The average molecular weight is 692 g/mol. The first-order valence-corrected chi connectivity index (χ1v) is 13.9. The number of nitrogens with two attached hydrogens (primary N) is 1. The largest absolute Gasteiger partial charge is 0.464 e. The third-order valence-electron chi connectivity index (χ3n) is 5.23. The van der Waals surface area contributed by atoms with E-state index in [-0.39, 0.29) is 22.3 Å². The minimum atomic E-state index is -4.47. The molecule has 0 aromatic heterocycles. The van der Waals surface area contributed by atoms with Crippen LogP contribution in [0.15, 0.2) is 48.5 Å². The average Bonchev–Trinajstić information content (AvgIpc) is 2.81. The summed E-state index contributed by atoms with van der Waals surface area (Å²) in [6, 6.07) is 10.1. The number of benzene rings is 3. The van der Waals surface area contributed by atoms with E-state index in [1.54, 1.807) is 0 Å². The molecular weight excluding hydrogens is 668 g/mol. The second kappa shape index (κ2) is 11.9. The summed E-state index contributed by atoms with van der Waals surface area (Å²) in [5.74, 6) is -5.44. The highest BCUT2D eigenvalue weighted by molar-refractivity contribution is 14.1. The number of primary amides is 1. The summed E-state index contributed by atoms with van der Waals surface area (Å²) in [4.78, 5) is 23.8. The maximum atomic E-state index is 14.8. The van der Waals surface area contributed by atoms with Gasteiger partial charge in [-0.05, 0) is 79.3 Å². The van der Waals surface area contributed by atoms with Gasteiger partial charge in [0, 0.05) is 16.2 Å². The lowest BCUT2D eigenvalue weighted by atomic mass is 10.1. The van der Waals surface area contributed by atoms with Crippen molar-refractivity contribution in [2.24, 2.45) is 5.73 Å². The smallest absolute Gasteiger partial charge is 0.422 e. The first-order valence-electron chi connectivity index (χ1n) is 11.3. The van der Waals surface area contributed by atoms with Crippen molar-refractivity contribution in [3.63, 3.8) is 0 Å². The standard InChI is InChI=1S/C25H24F3IN4O6S/c1-25(2,3)33(24(35)36)40(37,38)31-12-13-5-4-6-15(9-13)39-19-11-17(27)21(28)22(20(19)23(30)34)32-18-8-7-14(29)10-16(18)26/h4-11,31-32H,12H2,1-3H3,(H2,30,34)(H,35,36). The highest BCUT2D eigenvalue weighted by atomic mass is 127. The molecule has 15 heteroatoms. The summed E-state index contributed by atoms with van der Waals surface area (Å²) in [6.07, 6.45) is -1.68. The molecule has 0 fully saturated rings. The fourth-order valence-corrected chi connectivity index (χ4v) is 5.46. The monoisotopic (exact) mass is 692 g/mol. The van der Waals surface area contributed by atoms with Crippen LogP contribution in [0, 0.1) is 21.0 Å². The molecule has 0 atom stereocenters. The molecule has 214 valence electrons. The van der Waals surface area contributed by atoms with Crippen LogP contribution in [0.25, 0.3) is 0 Å². The number of anilines is 2. The fourth-order valence-electron chi connectivity index (χ4n) is 3.61. The molecule has 0 aliphatic heterocycles. The van der Waals surface area contributed by atoms with Gasteiger partial charge >= 0.3 is 16.3 Å². The zero-order chi connectivity index (χ0) is 30.0. The Morgan fingerprint density at radius 3 is 2.33 bits per heavy atom. The number of carbonyl (C=O) groups is 2. The summed E-state index contributed by atoms with van der Waals surface area (Å²) in [7, 11) is -4.47. The van der Waals surface area contributed by atoms with Crippen molar-refractivity contribution in [3.05, 3.63) is 80.7 Å². The number of hydrogen-bond donors (Lipinski definition) is 4. The lowest BCUT2D eigenvalue weighted by molar-refractivity contribution is 0.0998. The molecule has 0 bridgehead atoms. The number of ether oxygens (including phenoxy) is 1. The van der Waals surface area contributed by atoms with Gasteiger partial charge in [0.15, 0.2) is 11.6 Å². The molecule has 0 saturated carbocycles. The van der Waals surface area contributed by atoms with Crippen LogP contribution in [0.3, 0.4) is 0 Å². The quantitative estimate of drug-likeness (QED) is 0.218. The van der Waals surface area contributed by atoms with E-state index in [0.717, 1.165) is 6.07 Å². The molecule has 0 radical (unpaired) electrons. The number of nitrogens with one attached hydrogen (secondary N) is 2.